The molecule has 1 aromatic carbocycles. The Morgan fingerprint density at radius 1 is 1.16 bits per heavy atom. The fraction of sp³-hybridized carbons (Fsp3) is 0.478. The van der Waals surface area contributed by atoms with Crippen LogP contribution in [0.2, 0.25) is 0 Å². The Kier molecular flexibility index (Phi) is 6.18. The Morgan fingerprint density at radius 2 is 1.87 bits per heavy atom. The Hall–Kier alpha value is -3.00. The monoisotopic (exact) mass is 423 g/mol. The van der Waals surface area contributed by atoms with Crippen molar-refractivity contribution in [1.29, 1.82) is 0 Å². The van der Waals surface area contributed by atoms with Crippen molar-refractivity contribution in [3.63, 3.8) is 0 Å². The lowest BCUT2D eigenvalue weighted by Gasteiger charge is -2.35. The fourth-order valence-electron chi connectivity index (χ4n) is 4.33. The zero-order valence-electron chi connectivity index (χ0n) is 18.1. The minimum atomic E-state index is -0.470. The van der Waals surface area contributed by atoms with Crippen molar-refractivity contribution >= 4 is 17.8 Å². The summed E-state index contributed by atoms with van der Waals surface area (Å²) in [6, 6.07) is 7.06. The van der Waals surface area contributed by atoms with Crippen molar-refractivity contribution in [3.05, 3.63) is 41.7 Å². The van der Waals surface area contributed by atoms with Crippen LogP contribution in [0.15, 0.2) is 30.5 Å². The van der Waals surface area contributed by atoms with Crippen molar-refractivity contribution < 1.29 is 14.3 Å². The largest absolute Gasteiger partial charge is 0.368 e. The van der Waals surface area contributed by atoms with Crippen LogP contribution < -0.4 is 10.6 Å². The highest BCUT2D eigenvalue weighted by atomic mass is 16.5. The molecule has 1 aliphatic heterocycles. The molecular formula is C23H29N5O3. The Bertz CT molecular complexity index is 954. The van der Waals surface area contributed by atoms with E-state index in [1.807, 2.05) is 36.0 Å². The molecule has 164 valence electrons. The van der Waals surface area contributed by atoms with Gasteiger partial charge in [0.05, 0.1) is 18.8 Å². The van der Waals surface area contributed by atoms with Gasteiger partial charge in [-0.05, 0) is 30.5 Å². The number of hydrogen-bond donors (Lipinski definition) is 1. The molecule has 0 bridgehead atoms. The Morgan fingerprint density at radius 3 is 2.52 bits per heavy atom. The number of rotatable bonds is 5. The first-order chi connectivity index (χ1) is 14.9. The molecule has 0 spiro atoms. The van der Waals surface area contributed by atoms with Crippen molar-refractivity contribution in [1.82, 2.24) is 14.9 Å². The summed E-state index contributed by atoms with van der Waals surface area (Å²) in [7, 11) is 3.77. The molecule has 1 aromatic heterocycles. The number of aromatic nitrogens is 2. The van der Waals surface area contributed by atoms with Crippen LogP contribution in [0.5, 0.6) is 0 Å². The predicted molar refractivity (Wildman–Crippen MR) is 118 cm³/mol. The van der Waals surface area contributed by atoms with Gasteiger partial charge < -0.3 is 20.3 Å². The van der Waals surface area contributed by atoms with Crippen LogP contribution in [0.3, 0.4) is 0 Å². The third-order valence-corrected chi connectivity index (χ3v) is 6.07. The average Bonchev–Trinajstić information content (AvgIpc) is 3.33. The van der Waals surface area contributed by atoms with Gasteiger partial charge in [0.2, 0.25) is 17.8 Å². The standard InChI is InChI=1S/C23H29N5O3/c1-27(2)23-25-13-18(15-7-9-16(10-8-15)21(24)29)20(26-23)19-14-28(11-12-31-19)22(30)17-5-3-4-6-17/h7-10,13,17,19H,3-6,11-12,14H2,1-2H3,(H2,24,29)/t19-/m0/s1. The van der Waals surface area contributed by atoms with E-state index in [0.29, 0.717) is 31.2 Å². The maximum absolute atomic E-state index is 13.0. The lowest BCUT2D eigenvalue weighted by Crippen LogP contribution is -2.44. The zero-order chi connectivity index (χ0) is 22.0. The molecule has 1 saturated heterocycles. The van der Waals surface area contributed by atoms with Crippen molar-refractivity contribution in [2.24, 2.45) is 11.7 Å². The van der Waals surface area contributed by atoms with E-state index in [2.05, 4.69) is 4.98 Å². The summed E-state index contributed by atoms with van der Waals surface area (Å²) >= 11 is 0. The quantitative estimate of drug-likeness (QED) is 0.792. The topological polar surface area (TPSA) is 102 Å². The summed E-state index contributed by atoms with van der Waals surface area (Å²) < 4.78 is 6.09. The van der Waals surface area contributed by atoms with Crippen LogP contribution in [0.4, 0.5) is 5.95 Å². The molecule has 2 N–H and O–H groups in total. The number of nitrogens with zero attached hydrogens (tertiary/aromatic N) is 4. The molecule has 8 nitrogen and oxygen atoms in total. The summed E-state index contributed by atoms with van der Waals surface area (Å²) in [6.45, 7) is 1.57. The maximum atomic E-state index is 13.0. The molecule has 2 amide bonds. The summed E-state index contributed by atoms with van der Waals surface area (Å²) in [6.07, 6.45) is 5.67. The minimum absolute atomic E-state index is 0.141. The van der Waals surface area contributed by atoms with Gasteiger partial charge in [-0.2, -0.15) is 0 Å². The van der Waals surface area contributed by atoms with E-state index < -0.39 is 5.91 Å². The molecule has 31 heavy (non-hydrogen) atoms. The first-order valence-electron chi connectivity index (χ1n) is 10.8. The van der Waals surface area contributed by atoms with E-state index in [4.69, 9.17) is 15.5 Å². The summed E-state index contributed by atoms with van der Waals surface area (Å²) in [5, 5.41) is 0. The molecule has 1 aliphatic carbocycles. The predicted octanol–water partition coefficient (Wildman–Crippen LogP) is 2.40. The number of ether oxygens (including phenoxy) is 1. The molecule has 2 aromatic rings. The van der Waals surface area contributed by atoms with E-state index in [-0.39, 0.29) is 17.9 Å². The Labute approximate surface area is 182 Å². The average molecular weight is 424 g/mol. The number of benzene rings is 1. The number of carbonyl (C=O) groups is 2. The molecule has 2 fully saturated rings. The number of amides is 2. The lowest BCUT2D eigenvalue weighted by atomic mass is 9.99. The van der Waals surface area contributed by atoms with Gasteiger partial charge in [0.15, 0.2) is 0 Å². The second-order valence-electron chi connectivity index (χ2n) is 8.43. The molecule has 0 radical (unpaired) electrons. The number of hydrogen-bond acceptors (Lipinski definition) is 6. The van der Waals surface area contributed by atoms with Gasteiger partial charge in [-0.25, -0.2) is 9.97 Å². The normalized spacial score (nSPS) is 19.4. The van der Waals surface area contributed by atoms with Gasteiger partial charge in [0.1, 0.15) is 6.10 Å². The highest BCUT2D eigenvalue weighted by molar-refractivity contribution is 5.93. The van der Waals surface area contributed by atoms with Crippen LogP contribution >= 0.6 is 0 Å². The van der Waals surface area contributed by atoms with Gasteiger partial charge in [0.25, 0.3) is 0 Å². The third kappa shape index (κ3) is 4.54. The van der Waals surface area contributed by atoms with E-state index in [0.717, 1.165) is 42.5 Å². The minimum Gasteiger partial charge on any atom is -0.368 e. The second kappa shape index (κ2) is 9.01. The first kappa shape index (κ1) is 21.2. The van der Waals surface area contributed by atoms with E-state index in [9.17, 15) is 9.59 Å². The molecule has 4 rings (SSSR count). The van der Waals surface area contributed by atoms with Gasteiger partial charge in [0, 0.05) is 43.9 Å². The van der Waals surface area contributed by atoms with Crippen LogP contribution in [0, 0.1) is 5.92 Å². The van der Waals surface area contributed by atoms with Gasteiger partial charge in [-0.3, -0.25) is 9.59 Å². The molecule has 1 saturated carbocycles. The van der Waals surface area contributed by atoms with Gasteiger partial charge in [-0.15, -0.1) is 0 Å². The van der Waals surface area contributed by atoms with Crippen LogP contribution in [0.1, 0.15) is 47.8 Å². The molecular weight excluding hydrogens is 394 g/mol. The zero-order valence-corrected chi connectivity index (χ0v) is 18.1. The van der Waals surface area contributed by atoms with Crippen molar-refractivity contribution in [2.75, 3.05) is 38.7 Å². The maximum Gasteiger partial charge on any atom is 0.248 e. The van der Waals surface area contributed by atoms with Crippen LogP contribution in [-0.4, -0.2) is 60.5 Å². The summed E-state index contributed by atoms with van der Waals surface area (Å²) in [5.74, 6) is 0.486. The molecule has 0 unspecified atom stereocenters. The third-order valence-electron chi connectivity index (χ3n) is 6.07. The summed E-state index contributed by atoms with van der Waals surface area (Å²) in [4.78, 5) is 37.4. The first-order valence-corrected chi connectivity index (χ1v) is 10.8. The van der Waals surface area contributed by atoms with Crippen LogP contribution in [0.25, 0.3) is 11.1 Å². The van der Waals surface area contributed by atoms with E-state index >= 15 is 0 Å². The SMILES string of the molecule is CN(C)c1ncc(-c2ccc(C(N)=O)cc2)c([C@@H]2CN(C(=O)C3CCCC3)CCO2)n1. The van der Waals surface area contributed by atoms with Crippen molar-refractivity contribution in [3.8, 4) is 11.1 Å². The molecule has 2 heterocycles. The number of morpholine rings is 1. The number of anilines is 1. The van der Waals surface area contributed by atoms with Gasteiger partial charge in [-0.1, -0.05) is 25.0 Å². The highest BCUT2D eigenvalue weighted by Crippen LogP contribution is 2.33. The highest BCUT2D eigenvalue weighted by Gasteiger charge is 2.33. The molecule has 8 heteroatoms. The number of nitrogens with two attached hydrogens (primary N) is 1. The number of carbonyl (C=O) groups excluding carboxylic acids is 2. The smallest absolute Gasteiger partial charge is 0.248 e. The number of primary amides is 1. The molecule has 2 aliphatic rings. The molecule has 1 atom stereocenters. The Balaban J connectivity index is 1.65. The second-order valence-corrected chi connectivity index (χ2v) is 8.43. The fourth-order valence-corrected chi connectivity index (χ4v) is 4.33. The summed E-state index contributed by atoms with van der Waals surface area (Å²) in [5.41, 5.74) is 8.25. The van der Waals surface area contributed by atoms with Crippen LogP contribution in [-0.2, 0) is 9.53 Å². The van der Waals surface area contributed by atoms with E-state index in [1.165, 1.54) is 0 Å². The van der Waals surface area contributed by atoms with Gasteiger partial charge >= 0.3 is 0 Å². The van der Waals surface area contributed by atoms with E-state index in [1.54, 1.807) is 18.3 Å². The lowest BCUT2D eigenvalue weighted by molar-refractivity contribution is -0.143. The van der Waals surface area contributed by atoms with Crippen molar-refractivity contribution in [2.45, 2.75) is 31.8 Å².